The molecule has 0 aromatic heterocycles. The van der Waals surface area contributed by atoms with Crippen molar-refractivity contribution in [2.45, 2.75) is 24.3 Å². The Balaban J connectivity index is 2.45. The third-order valence-electron chi connectivity index (χ3n) is 3.50. The Morgan fingerprint density at radius 1 is 1.35 bits per heavy atom. The van der Waals surface area contributed by atoms with Crippen LogP contribution in [0.15, 0.2) is 23.1 Å². The summed E-state index contributed by atoms with van der Waals surface area (Å²) in [5.74, 6) is -4.37. The van der Waals surface area contributed by atoms with Crippen LogP contribution in [0.1, 0.15) is 13.3 Å². The summed E-state index contributed by atoms with van der Waals surface area (Å²) in [6.45, 7) is 1.34. The standard InChI is InChI=1S/C12H13F2NO4S/c1-7-8(12(16)17)5-6-15(7)20(18,19)11-9(13)3-2-4-10(11)14/h2-4,7-8H,5-6H2,1H3,(H,16,17). The molecule has 1 aromatic carbocycles. The maximum Gasteiger partial charge on any atom is 0.308 e. The highest BCUT2D eigenvalue weighted by Crippen LogP contribution is 2.32. The van der Waals surface area contributed by atoms with Crippen LogP contribution in [0.2, 0.25) is 0 Å². The molecule has 110 valence electrons. The maximum absolute atomic E-state index is 13.6. The molecule has 8 heteroatoms. The first-order valence-electron chi connectivity index (χ1n) is 5.95. The Labute approximate surface area is 114 Å². The quantitative estimate of drug-likeness (QED) is 0.917. The zero-order valence-electron chi connectivity index (χ0n) is 10.6. The first-order valence-corrected chi connectivity index (χ1v) is 7.39. The number of carboxylic acid groups (broad SMARTS) is 1. The van der Waals surface area contributed by atoms with Gasteiger partial charge in [0.25, 0.3) is 0 Å². The Morgan fingerprint density at radius 2 is 1.90 bits per heavy atom. The number of carbonyl (C=O) groups is 1. The average Bonchev–Trinajstić information content (AvgIpc) is 2.71. The molecular formula is C12H13F2NO4S. The Morgan fingerprint density at radius 3 is 2.35 bits per heavy atom. The lowest BCUT2D eigenvalue weighted by atomic mass is 10.0. The van der Waals surface area contributed by atoms with Gasteiger partial charge in [-0.05, 0) is 25.5 Å². The van der Waals surface area contributed by atoms with Crippen molar-refractivity contribution >= 4 is 16.0 Å². The molecule has 0 bridgehead atoms. The fraction of sp³-hybridized carbons (Fsp3) is 0.417. The number of benzene rings is 1. The van der Waals surface area contributed by atoms with Crippen LogP contribution >= 0.6 is 0 Å². The van der Waals surface area contributed by atoms with Gasteiger partial charge in [-0.25, -0.2) is 17.2 Å². The van der Waals surface area contributed by atoms with E-state index in [2.05, 4.69) is 0 Å². The van der Waals surface area contributed by atoms with Crippen molar-refractivity contribution in [1.29, 1.82) is 0 Å². The molecule has 0 saturated carbocycles. The van der Waals surface area contributed by atoms with Gasteiger partial charge in [0.05, 0.1) is 5.92 Å². The van der Waals surface area contributed by atoms with E-state index in [1.807, 2.05) is 0 Å². The zero-order chi connectivity index (χ0) is 15.1. The molecule has 1 aliphatic heterocycles. The van der Waals surface area contributed by atoms with E-state index in [4.69, 9.17) is 5.11 Å². The van der Waals surface area contributed by atoms with Crippen LogP contribution in [0.25, 0.3) is 0 Å². The summed E-state index contributed by atoms with van der Waals surface area (Å²) < 4.78 is 52.7. The van der Waals surface area contributed by atoms with Gasteiger partial charge in [-0.15, -0.1) is 0 Å². The van der Waals surface area contributed by atoms with E-state index in [1.165, 1.54) is 6.92 Å². The van der Waals surface area contributed by atoms with E-state index in [0.29, 0.717) is 0 Å². The minimum absolute atomic E-state index is 0.0752. The Bertz CT molecular complexity index is 627. The highest BCUT2D eigenvalue weighted by molar-refractivity contribution is 7.89. The Hall–Kier alpha value is -1.54. The van der Waals surface area contributed by atoms with Crippen LogP contribution in [0, 0.1) is 17.6 Å². The molecular weight excluding hydrogens is 292 g/mol. The summed E-state index contributed by atoms with van der Waals surface area (Å²) in [7, 11) is -4.40. The second-order valence-corrected chi connectivity index (χ2v) is 6.47. The van der Waals surface area contributed by atoms with Crippen molar-refractivity contribution < 1.29 is 27.1 Å². The van der Waals surface area contributed by atoms with E-state index >= 15 is 0 Å². The largest absolute Gasteiger partial charge is 0.481 e. The molecule has 1 heterocycles. The molecule has 1 aromatic rings. The van der Waals surface area contributed by atoms with Crippen LogP contribution in [0.5, 0.6) is 0 Å². The van der Waals surface area contributed by atoms with Crippen molar-refractivity contribution in [2.75, 3.05) is 6.54 Å². The highest BCUT2D eigenvalue weighted by Gasteiger charge is 2.43. The summed E-state index contributed by atoms with van der Waals surface area (Å²) in [6.07, 6.45) is 0.117. The molecule has 2 atom stereocenters. The first-order chi connectivity index (χ1) is 9.26. The number of nitrogens with zero attached hydrogens (tertiary/aromatic N) is 1. The fourth-order valence-corrected chi connectivity index (χ4v) is 4.22. The lowest BCUT2D eigenvalue weighted by Crippen LogP contribution is -2.38. The van der Waals surface area contributed by atoms with Gasteiger partial charge in [0.2, 0.25) is 10.0 Å². The lowest BCUT2D eigenvalue weighted by Gasteiger charge is -2.23. The summed E-state index contributed by atoms with van der Waals surface area (Å²) >= 11 is 0. The van der Waals surface area contributed by atoms with Crippen LogP contribution in [-0.2, 0) is 14.8 Å². The van der Waals surface area contributed by atoms with Gasteiger partial charge in [0, 0.05) is 12.6 Å². The maximum atomic E-state index is 13.6. The number of rotatable bonds is 3. The van der Waals surface area contributed by atoms with Gasteiger partial charge in [-0.3, -0.25) is 4.79 Å². The molecule has 2 rings (SSSR count). The third kappa shape index (κ3) is 2.29. The van der Waals surface area contributed by atoms with Crippen molar-refractivity contribution in [3.63, 3.8) is 0 Å². The van der Waals surface area contributed by atoms with Crippen molar-refractivity contribution in [3.8, 4) is 0 Å². The number of halogens is 2. The van der Waals surface area contributed by atoms with E-state index < -0.39 is 44.5 Å². The smallest absolute Gasteiger partial charge is 0.308 e. The Kier molecular flexibility index (Phi) is 3.79. The monoisotopic (exact) mass is 305 g/mol. The number of sulfonamides is 1. The van der Waals surface area contributed by atoms with E-state index in [0.717, 1.165) is 22.5 Å². The number of hydrogen-bond donors (Lipinski definition) is 1. The van der Waals surface area contributed by atoms with E-state index in [-0.39, 0.29) is 13.0 Å². The SMILES string of the molecule is CC1C(C(=O)O)CCN1S(=O)(=O)c1c(F)cccc1F. The van der Waals surface area contributed by atoms with Gasteiger partial charge >= 0.3 is 5.97 Å². The molecule has 5 nitrogen and oxygen atoms in total. The summed E-state index contributed by atoms with van der Waals surface area (Å²) in [4.78, 5) is 9.96. The molecule has 0 radical (unpaired) electrons. The molecule has 20 heavy (non-hydrogen) atoms. The van der Waals surface area contributed by atoms with Crippen LogP contribution < -0.4 is 0 Å². The third-order valence-corrected chi connectivity index (χ3v) is 5.54. The van der Waals surface area contributed by atoms with Gasteiger partial charge < -0.3 is 5.11 Å². The molecule has 0 amide bonds. The van der Waals surface area contributed by atoms with Gasteiger partial charge in [0.15, 0.2) is 4.90 Å². The molecule has 2 unspecified atom stereocenters. The molecule has 1 aliphatic rings. The van der Waals surface area contributed by atoms with E-state index in [9.17, 15) is 22.0 Å². The second kappa shape index (κ2) is 5.10. The molecule has 0 aliphatic carbocycles. The van der Waals surface area contributed by atoms with Gasteiger partial charge in [0.1, 0.15) is 11.6 Å². The normalized spacial score (nSPS) is 23.9. The number of hydrogen-bond acceptors (Lipinski definition) is 3. The van der Waals surface area contributed by atoms with Gasteiger partial charge in [-0.2, -0.15) is 4.31 Å². The molecule has 1 N–H and O–H groups in total. The van der Waals surface area contributed by atoms with Crippen molar-refractivity contribution in [1.82, 2.24) is 4.31 Å². The average molecular weight is 305 g/mol. The predicted octanol–water partition coefficient (Wildman–Crippen LogP) is 1.45. The zero-order valence-corrected chi connectivity index (χ0v) is 11.4. The minimum Gasteiger partial charge on any atom is -0.481 e. The highest BCUT2D eigenvalue weighted by atomic mass is 32.2. The topological polar surface area (TPSA) is 74.7 Å². The predicted molar refractivity (Wildman–Crippen MR) is 65.5 cm³/mol. The summed E-state index contributed by atoms with van der Waals surface area (Å²) in [5, 5.41) is 8.98. The molecule has 1 saturated heterocycles. The minimum atomic E-state index is -4.40. The summed E-state index contributed by atoms with van der Waals surface area (Å²) in [6, 6.07) is 1.92. The van der Waals surface area contributed by atoms with Crippen LogP contribution in [-0.4, -0.2) is 36.4 Å². The molecule has 0 spiro atoms. The van der Waals surface area contributed by atoms with E-state index in [1.54, 1.807) is 0 Å². The van der Waals surface area contributed by atoms with Gasteiger partial charge in [-0.1, -0.05) is 6.07 Å². The lowest BCUT2D eigenvalue weighted by molar-refractivity contribution is -0.142. The van der Waals surface area contributed by atoms with Crippen molar-refractivity contribution in [2.24, 2.45) is 5.92 Å². The summed E-state index contributed by atoms with van der Waals surface area (Å²) in [5.41, 5.74) is 0. The van der Waals surface area contributed by atoms with Crippen molar-refractivity contribution in [3.05, 3.63) is 29.8 Å². The second-order valence-electron chi connectivity index (χ2n) is 4.64. The number of carboxylic acids is 1. The first kappa shape index (κ1) is 14.9. The fourth-order valence-electron chi connectivity index (χ4n) is 2.43. The number of aliphatic carboxylic acids is 1. The molecule has 1 fully saturated rings. The van der Waals surface area contributed by atoms with Crippen LogP contribution in [0.4, 0.5) is 8.78 Å². The van der Waals surface area contributed by atoms with Crippen LogP contribution in [0.3, 0.4) is 0 Å².